The zero-order chi connectivity index (χ0) is 29.2. The lowest BCUT2D eigenvalue weighted by Crippen LogP contribution is -2.57. The van der Waals surface area contributed by atoms with Gasteiger partial charge < -0.3 is 29.3 Å². The molecule has 1 aromatic rings. The number of nitrogens with zero attached hydrogens (tertiary/aromatic N) is 3. The van der Waals surface area contributed by atoms with Gasteiger partial charge in [0.15, 0.2) is 0 Å². The SMILES string of the molecule is C=CCN(C(=O)C1N(CCCCO)C(=O)[C@@H]2[C@H](C(=O)OCC)[C@@]3(C)OC12CC3C)c1ccc(N(CC)CC)cc1. The molecule has 40 heavy (non-hydrogen) atoms. The lowest BCUT2D eigenvalue weighted by atomic mass is 9.62. The summed E-state index contributed by atoms with van der Waals surface area (Å²) >= 11 is 0. The van der Waals surface area contributed by atoms with E-state index in [9.17, 15) is 19.5 Å². The summed E-state index contributed by atoms with van der Waals surface area (Å²) in [7, 11) is 0. The molecule has 3 heterocycles. The van der Waals surface area contributed by atoms with E-state index in [4.69, 9.17) is 9.47 Å². The zero-order valence-electron chi connectivity index (χ0n) is 24.6. The smallest absolute Gasteiger partial charge is 0.312 e. The number of hydrogen-bond acceptors (Lipinski definition) is 7. The number of anilines is 2. The molecule has 0 aliphatic carbocycles. The van der Waals surface area contributed by atoms with Crippen LogP contribution in [0.5, 0.6) is 0 Å². The Morgan fingerprint density at radius 3 is 2.40 bits per heavy atom. The molecule has 2 amide bonds. The quantitative estimate of drug-likeness (QED) is 0.226. The first kappa shape index (κ1) is 30.1. The molecule has 2 bridgehead atoms. The van der Waals surface area contributed by atoms with Crippen molar-refractivity contribution in [1.29, 1.82) is 0 Å². The van der Waals surface area contributed by atoms with Gasteiger partial charge in [-0.15, -0.1) is 6.58 Å². The fourth-order valence-corrected chi connectivity index (χ4v) is 7.27. The fourth-order valence-electron chi connectivity index (χ4n) is 7.27. The largest absolute Gasteiger partial charge is 0.466 e. The van der Waals surface area contributed by atoms with Crippen LogP contribution in [0.1, 0.15) is 53.9 Å². The number of benzene rings is 1. The molecule has 3 aliphatic rings. The highest BCUT2D eigenvalue weighted by Gasteiger charge is 2.80. The molecule has 3 saturated heterocycles. The highest BCUT2D eigenvalue weighted by molar-refractivity contribution is 6.05. The van der Waals surface area contributed by atoms with Crippen molar-refractivity contribution in [3.05, 3.63) is 36.9 Å². The number of rotatable bonds is 13. The highest BCUT2D eigenvalue weighted by Crippen LogP contribution is 2.65. The third kappa shape index (κ3) is 4.71. The summed E-state index contributed by atoms with van der Waals surface area (Å²) in [5, 5.41) is 9.41. The summed E-state index contributed by atoms with van der Waals surface area (Å²) in [5.74, 6) is -2.60. The number of ether oxygens (including phenoxy) is 2. The van der Waals surface area contributed by atoms with E-state index in [0.29, 0.717) is 31.5 Å². The number of fused-ring (bicyclic) bond motifs is 1. The molecule has 1 N–H and O–H groups in total. The van der Waals surface area contributed by atoms with Gasteiger partial charge in [-0.2, -0.15) is 0 Å². The summed E-state index contributed by atoms with van der Waals surface area (Å²) in [6.45, 7) is 16.2. The summed E-state index contributed by atoms with van der Waals surface area (Å²) < 4.78 is 12.2. The zero-order valence-corrected chi connectivity index (χ0v) is 24.6. The van der Waals surface area contributed by atoms with Gasteiger partial charge in [-0.05, 0) is 77.1 Å². The van der Waals surface area contributed by atoms with Crippen molar-refractivity contribution in [2.75, 3.05) is 49.2 Å². The van der Waals surface area contributed by atoms with Crippen LogP contribution in [0.25, 0.3) is 0 Å². The van der Waals surface area contributed by atoms with E-state index in [-0.39, 0.29) is 37.5 Å². The molecule has 9 heteroatoms. The molecule has 9 nitrogen and oxygen atoms in total. The molecule has 6 atom stereocenters. The minimum absolute atomic E-state index is 0.00620. The van der Waals surface area contributed by atoms with Crippen molar-refractivity contribution in [3.63, 3.8) is 0 Å². The summed E-state index contributed by atoms with van der Waals surface area (Å²) in [4.78, 5) is 47.5. The highest BCUT2D eigenvalue weighted by atomic mass is 16.6. The lowest BCUT2D eigenvalue weighted by molar-refractivity contribution is -0.161. The summed E-state index contributed by atoms with van der Waals surface area (Å²) in [6.07, 6.45) is 3.20. The summed E-state index contributed by atoms with van der Waals surface area (Å²) in [6, 6.07) is 6.95. The first-order valence-electron chi connectivity index (χ1n) is 14.7. The van der Waals surface area contributed by atoms with E-state index >= 15 is 0 Å². The predicted octanol–water partition coefficient (Wildman–Crippen LogP) is 3.40. The number of esters is 1. The van der Waals surface area contributed by atoms with Crippen LogP contribution in [0.2, 0.25) is 0 Å². The predicted molar refractivity (Wildman–Crippen MR) is 154 cm³/mol. The first-order valence-corrected chi connectivity index (χ1v) is 14.7. The van der Waals surface area contributed by atoms with E-state index in [0.717, 1.165) is 18.8 Å². The Morgan fingerprint density at radius 2 is 1.82 bits per heavy atom. The van der Waals surface area contributed by atoms with Crippen LogP contribution in [-0.2, 0) is 23.9 Å². The molecule has 220 valence electrons. The van der Waals surface area contributed by atoms with E-state index in [2.05, 4.69) is 25.3 Å². The second-order valence-electron chi connectivity index (χ2n) is 11.3. The van der Waals surface area contributed by atoms with Gasteiger partial charge in [-0.25, -0.2) is 0 Å². The van der Waals surface area contributed by atoms with E-state index < -0.39 is 35.0 Å². The van der Waals surface area contributed by atoms with Crippen molar-refractivity contribution >= 4 is 29.2 Å². The van der Waals surface area contributed by atoms with Crippen LogP contribution in [0.4, 0.5) is 11.4 Å². The number of unbranched alkanes of at least 4 members (excludes halogenated alkanes) is 1. The minimum Gasteiger partial charge on any atom is -0.466 e. The molecule has 3 unspecified atom stereocenters. The monoisotopic (exact) mass is 555 g/mol. The van der Waals surface area contributed by atoms with E-state index in [1.165, 1.54) is 0 Å². The second-order valence-corrected chi connectivity index (χ2v) is 11.3. The molecule has 4 rings (SSSR count). The number of carbonyl (C=O) groups is 3. The summed E-state index contributed by atoms with van der Waals surface area (Å²) in [5.41, 5.74) is -0.273. The Labute approximate surface area is 238 Å². The molecular formula is C31H45N3O6. The minimum atomic E-state index is -1.14. The van der Waals surface area contributed by atoms with Gasteiger partial charge in [-0.3, -0.25) is 14.4 Å². The second kappa shape index (κ2) is 11.9. The average Bonchev–Trinajstić information content (AvgIpc) is 3.45. The fraction of sp³-hybridized carbons (Fsp3) is 0.645. The third-order valence-corrected chi connectivity index (χ3v) is 9.26. The number of likely N-dealkylation sites (tertiary alicyclic amines) is 1. The maximum absolute atomic E-state index is 14.6. The van der Waals surface area contributed by atoms with Crippen molar-refractivity contribution < 1.29 is 29.0 Å². The van der Waals surface area contributed by atoms with Gasteiger partial charge in [0.1, 0.15) is 17.6 Å². The van der Waals surface area contributed by atoms with Crippen molar-refractivity contribution in [2.24, 2.45) is 17.8 Å². The Morgan fingerprint density at radius 1 is 1.18 bits per heavy atom. The van der Waals surface area contributed by atoms with Gasteiger partial charge in [-0.1, -0.05) is 13.0 Å². The molecule has 3 aliphatic heterocycles. The Balaban J connectivity index is 1.77. The van der Waals surface area contributed by atoms with Crippen LogP contribution in [0, 0.1) is 17.8 Å². The molecule has 0 radical (unpaired) electrons. The van der Waals surface area contributed by atoms with Crippen LogP contribution >= 0.6 is 0 Å². The first-order chi connectivity index (χ1) is 19.1. The van der Waals surface area contributed by atoms with Crippen LogP contribution in [0.3, 0.4) is 0 Å². The third-order valence-electron chi connectivity index (χ3n) is 9.26. The molecule has 0 saturated carbocycles. The van der Waals surface area contributed by atoms with Crippen LogP contribution in [0.15, 0.2) is 36.9 Å². The number of aliphatic hydroxyl groups excluding tert-OH is 1. The maximum atomic E-state index is 14.6. The molecular weight excluding hydrogens is 510 g/mol. The molecule has 0 aromatic heterocycles. The van der Waals surface area contributed by atoms with Crippen LogP contribution < -0.4 is 9.80 Å². The molecule has 1 spiro atoms. The van der Waals surface area contributed by atoms with Gasteiger partial charge >= 0.3 is 5.97 Å². The Hall–Kier alpha value is -2.91. The number of carbonyl (C=O) groups excluding carboxylic acids is 3. The average molecular weight is 556 g/mol. The van der Waals surface area contributed by atoms with Crippen LogP contribution in [-0.4, -0.2) is 84.4 Å². The van der Waals surface area contributed by atoms with Gasteiger partial charge in [0.25, 0.3) is 5.91 Å². The number of amides is 2. The van der Waals surface area contributed by atoms with Gasteiger partial charge in [0.2, 0.25) is 5.91 Å². The Kier molecular flexibility index (Phi) is 8.95. The van der Waals surface area contributed by atoms with Gasteiger partial charge in [0.05, 0.1) is 18.1 Å². The van der Waals surface area contributed by atoms with E-state index in [1.807, 2.05) is 38.1 Å². The lowest BCUT2D eigenvalue weighted by Gasteiger charge is -2.37. The van der Waals surface area contributed by atoms with E-state index in [1.54, 1.807) is 22.8 Å². The number of aliphatic hydroxyl groups is 1. The normalized spacial score (nSPS) is 30.4. The topological polar surface area (TPSA) is 99.6 Å². The molecule has 3 fully saturated rings. The number of hydrogen-bond donors (Lipinski definition) is 1. The van der Waals surface area contributed by atoms with Crippen molar-refractivity contribution in [2.45, 2.75) is 71.1 Å². The molecule has 1 aromatic carbocycles. The maximum Gasteiger partial charge on any atom is 0.312 e. The van der Waals surface area contributed by atoms with Crippen molar-refractivity contribution in [1.82, 2.24) is 4.90 Å². The standard InChI is InChI=1S/C31H45N3O6/c1-7-17-33(23-15-13-22(14-16-23)32(8-2)9-3)28(37)26-31-20-21(5)30(6,40-31)25(29(38)39-10-4)24(31)27(36)34(26)18-11-12-19-35/h7,13-16,21,24-26,35H,1,8-12,17-20H2,2-6H3/t21?,24-,25+,26?,30-,31?/m0/s1. The van der Waals surface area contributed by atoms with Gasteiger partial charge in [0, 0.05) is 44.2 Å². The Bertz CT molecular complexity index is 1100. The van der Waals surface area contributed by atoms with Crippen molar-refractivity contribution in [3.8, 4) is 0 Å².